The molecular formula is C13H19ClN2. The van der Waals surface area contributed by atoms with Crippen molar-refractivity contribution in [3.8, 4) is 0 Å². The van der Waals surface area contributed by atoms with Gasteiger partial charge >= 0.3 is 0 Å². The van der Waals surface area contributed by atoms with Crippen LogP contribution in [0.5, 0.6) is 0 Å². The smallest absolute Gasteiger partial charge is 0.0453 e. The van der Waals surface area contributed by atoms with Gasteiger partial charge in [-0.1, -0.05) is 36.7 Å². The molecule has 3 heteroatoms. The predicted molar refractivity (Wildman–Crippen MR) is 68.6 cm³/mol. The molecule has 1 aliphatic heterocycles. The third-order valence-electron chi connectivity index (χ3n) is 3.60. The minimum atomic E-state index is 0.296. The minimum Gasteiger partial charge on any atom is -0.326 e. The Bertz CT molecular complexity index is 357. The summed E-state index contributed by atoms with van der Waals surface area (Å²) in [4.78, 5) is 2.41. The summed E-state index contributed by atoms with van der Waals surface area (Å²) in [5.74, 6) is 0.574. The standard InChI is InChI=1S/C13H19ClN2/c1-9-7-16(8-13(9)15)10(2)11-5-3-4-6-12(11)14/h3-6,9-10,13H,7-8,15H2,1-2H3. The SMILES string of the molecule is CC1CN(C(C)c2ccccc2Cl)CC1N. The first kappa shape index (κ1) is 11.9. The van der Waals surface area contributed by atoms with Crippen LogP contribution in [-0.2, 0) is 0 Å². The van der Waals surface area contributed by atoms with Crippen molar-refractivity contribution in [2.45, 2.75) is 25.9 Å². The van der Waals surface area contributed by atoms with Crippen LogP contribution in [-0.4, -0.2) is 24.0 Å². The number of nitrogens with two attached hydrogens (primary N) is 1. The van der Waals surface area contributed by atoms with E-state index in [9.17, 15) is 0 Å². The highest BCUT2D eigenvalue weighted by Crippen LogP contribution is 2.30. The molecule has 1 aliphatic rings. The van der Waals surface area contributed by atoms with E-state index in [0.29, 0.717) is 18.0 Å². The van der Waals surface area contributed by atoms with Gasteiger partial charge in [0.1, 0.15) is 0 Å². The third kappa shape index (κ3) is 2.24. The monoisotopic (exact) mass is 238 g/mol. The van der Waals surface area contributed by atoms with E-state index in [1.807, 2.05) is 18.2 Å². The van der Waals surface area contributed by atoms with Crippen LogP contribution in [0.3, 0.4) is 0 Å². The Morgan fingerprint density at radius 1 is 1.38 bits per heavy atom. The quantitative estimate of drug-likeness (QED) is 0.859. The maximum absolute atomic E-state index is 6.21. The predicted octanol–water partition coefficient (Wildman–Crippen LogP) is 2.68. The van der Waals surface area contributed by atoms with Gasteiger partial charge in [-0.15, -0.1) is 0 Å². The van der Waals surface area contributed by atoms with Gasteiger partial charge in [-0.2, -0.15) is 0 Å². The van der Waals surface area contributed by atoms with Crippen LogP contribution in [0.2, 0.25) is 5.02 Å². The van der Waals surface area contributed by atoms with E-state index in [2.05, 4.69) is 24.8 Å². The number of hydrogen-bond donors (Lipinski definition) is 1. The highest BCUT2D eigenvalue weighted by molar-refractivity contribution is 6.31. The molecule has 1 saturated heterocycles. The summed E-state index contributed by atoms with van der Waals surface area (Å²) in [7, 11) is 0. The van der Waals surface area contributed by atoms with Gasteiger partial charge in [0.15, 0.2) is 0 Å². The number of halogens is 1. The van der Waals surface area contributed by atoms with Crippen LogP contribution in [0.15, 0.2) is 24.3 Å². The molecule has 0 bridgehead atoms. The fourth-order valence-electron chi connectivity index (χ4n) is 2.36. The molecule has 2 rings (SSSR count). The molecule has 0 radical (unpaired) electrons. The Morgan fingerprint density at radius 2 is 2.06 bits per heavy atom. The van der Waals surface area contributed by atoms with Gasteiger partial charge in [0, 0.05) is 30.2 Å². The first-order valence-electron chi connectivity index (χ1n) is 5.83. The lowest BCUT2D eigenvalue weighted by molar-refractivity contribution is 0.253. The maximum atomic E-state index is 6.21. The van der Waals surface area contributed by atoms with Crippen molar-refractivity contribution >= 4 is 11.6 Å². The molecule has 1 aromatic carbocycles. The summed E-state index contributed by atoms with van der Waals surface area (Å²) in [5, 5.41) is 0.850. The molecule has 1 heterocycles. The van der Waals surface area contributed by atoms with Gasteiger partial charge in [0.25, 0.3) is 0 Å². The normalized spacial score (nSPS) is 28.2. The van der Waals surface area contributed by atoms with Crippen LogP contribution in [0.4, 0.5) is 0 Å². The van der Waals surface area contributed by atoms with Crippen molar-refractivity contribution in [2.75, 3.05) is 13.1 Å². The van der Waals surface area contributed by atoms with Crippen molar-refractivity contribution in [1.29, 1.82) is 0 Å². The van der Waals surface area contributed by atoms with Crippen molar-refractivity contribution in [3.05, 3.63) is 34.9 Å². The van der Waals surface area contributed by atoms with Gasteiger partial charge < -0.3 is 5.73 Å². The average Bonchev–Trinajstić information content (AvgIpc) is 2.59. The van der Waals surface area contributed by atoms with Gasteiger partial charge in [0.2, 0.25) is 0 Å². The topological polar surface area (TPSA) is 29.3 Å². The van der Waals surface area contributed by atoms with Crippen LogP contribution < -0.4 is 5.73 Å². The molecule has 1 fully saturated rings. The van der Waals surface area contributed by atoms with Crippen molar-refractivity contribution in [3.63, 3.8) is 0 Å². The Balaban J connectivity index is 2.14. The van der Waals surface area contributed by atoms with Crippen molar-refractivity contribution in [2.24, 2.45) is 11.7 Å². The largest absolute Gasteiger partial charge is 0.326 e. The number of rotatable bonds is 2. The van der Waals surface area contributed by atoms with Gasteiger partial charge in [-0.25, -0.2) is 0 Å². The summed E-state index contributed by atoms with van der Waals surface area (Å²) >= 11 is 6.21. The van der Waals surface area contributed by atoms with Crippen LogP contribution in [0, 0.1) is 5.92 Å². The van der Waals surface area contributed by atoms with E-state index >= 15 is 0 Å². The maximum Gasteiger partial charge on any atom is 0.0453 e. The lowest BCUT2D eigenvalue weighted by Gasteiger charge is -2.25. The summed E-state index contributed by atoms with van der Waals surface area (Å²) in [6.45, 7) is 6.44. The van der Waals surface area contributed by atoms with Crippen molar-refractivity contribution < 1.29 is 0 Å². The van der Waals surface area contributed by atoms with E-state index in [4.69, 9.17) is 17.3 Å². The number of benzene rings is 1. The summed E-state index contributed by atoms with van der Waals surface area (Å²) in [5.41, 5.74) is 7.25. The fraction of sp³-hybridized carbons (Fsp3) is 0.538. The molecular weight excluding hydrogens is 220 g/mol. The van der Waals surface area contributed by atoms with Crippen LogP contribution in [0.1, 0.15) is 25.5 Å². The van der Waals surface area contributed by atoms with E-state index in [1.165, 1.54) is 5.56 Å². The molecule has 3 unspecified atom stereocenters. The molecule has 0 aromatic heterocycles. The van der Waals surface area contributed by atoms with Gasteiger partial charge in [0.05, 0.1) is 0 Å². The van der Waals surface area contributed by atoms with Gasteiger partial charge in [-0.3, -0.25) is 4.90 Å². The Labute approximate surface area is 102 Å². The van der Waals surface area contributed by atoms with E-state index in [1.54, 1.807) is 0 Å². The highest BCUT2D eigenvalue weighted by Gasteiger charge is 2.30. The van der Waals surface area contributed by atoms with Crippen LogP contribution in [0.25, 0.3) is 0 Å². The molecule has 0 aliphatic carbocycles. The second kappa shape index (κ2) is 4.74. The molecule has 0 amide bonds. The van der Waals surface area contributed by atoms with E-state index in [-0.39, 0.29) is 0 Å². The number of hydrogen-bond acceptors (Lipinski definition) is 2. The summed E-state index contributed by atoms with van der Waals surface area (Å²) in [6, 6.07) is 8.71. The fourth-order valence-corrected chi connectivity index (χ4v) is 2.65. The minimum absolute atomic E-state index is 0.296. The zero-order valence-corrected chi connectivity index (χ0v) is 10.6. The zero-order valence-electron chi connectivity index (χ0n) is 9.86. The Kier molecular flexibility index (Phi) is 3.53. The number of likely N-dealkylation sites (tertiary alicyclic amines) is 1. The first-order chi connectivity index (χ1) is 7.59. The lowest BCUT2D eigenvalue weighted by Crippen LogP contribution is -2.29. The zero-order chi connectivity index (χ0) is 11.7. The second-order valence-corrected chi connectivity index (χ2v) is 5.20. The number of nitrogens with zero attached hydrogens (tertiary/aromatic N) is 1. The summed E-state index contributed by atoms with van der Waals surface area (Å²) < 4.78 is 0. The second-order valence-electron chi connectivity index (χ2n) is 4.79. The first-order valence-corrected chi connectivity index (χ1v) is 6.21. The van der Waals surface area contributed by atoms with Crippen LogP contribution >= 0.6 is 11.6 Å². The molecule has 2 N–H and O–H groups in total. The molecule has 0 saturated carbocycles. The molecule has 1 aromatic rings. The Hall–Kier alpha value is -0.570. The van der Waals surface area contributed by atoms with Gasteiger partial charge in [-0.05, 0) is 24.5 Å². The van der Waals surface area contributed by atoms with E-state index < -0.39 is 0 Å². The average molecular weight is 239 g/mol. The highest BCUT2D eigenvalue weighted by atomic mass is 35.5. The lowest BCUT2D eigenvalue weighted by atomic mass is 10.1. The van der Waals surface area contributed by atoms with Crippen molar-refractivity contribution in [1.82, 2.24) is 4.90 Å². The third-order valence-corrected chi connectivity index (χ3v) is 3.95. The molecule has 0 spiro atoms. The molecule has 2 nitrogen and oxygen atoms in total. The molecule has 16 heavy (non-hydrogen) atoms. The summed E-state index contributed by atoms with van der Waals surface area (Å²) in [6.07, 6.45) is 0. The Morgan fingerprint density at radius 3 is 2.62 bits per heavy atom. The molecule has 3 atom stereocenters. The van der Waals surface area contributed by atoms with E-state index in [0.717, 1.165) is 18.1 Å². The molecule has 88 valence electrons.